The Bertz CT molecular complexity index is 186. The molecule has 3 nitrogen and oxygen atoms in total. The van der Waals surface area contributed by atoms with Crippen LogP contribution in [0.4, 0.5) is 0 Å². The van der Waals surface area contributed by atoms with Crippen molar-refractivity contribution >= 4 is 7.37 Å². The summed E-state index contributed by atoms with van der Waals surface area (Å²) in [5.74, 6) is 0. The first-order valence-electron chi connectivity index (χ1n) is 3.68. The van der Waals surface area contributed by atoms with Gasteiger partial charge in [0.15, 0.2) is 0 Å². The molecule has 1 atom stereocenters. The van der Waals surface area contributed by atoms with E-state index in [4.69, 9.17) is 9.63 Å². The Balaban J connectivity index is 2.31. The smallest absolute Gasteiger partial charge is 0.210 e. The molecule has 0 bridgehead atoms. The van der Waals surface area contributed by atoms with E-state index >= 15 is 0 Å². The Kier molecular flexibility index (Phi) is 2.88. The Morgan fingerprint density at radius 1 is 1.64 bits per heavy atom. The van der Waals surface area contributed by atoms with Gasteiger partial charge in [0.1, 0.15) is 0 Å². The van der Waals surface area contributed by atoms with E-state index in [-0.39, 0.29) is 6.61 Å². The van der Waals surface area contributed by atoms with Gasteiger partial charge in [-0.3, -0.25) is 4.57 Å². The number of aliphatic hydroxyl groups excluding tert-OH is 1. The average molecular weight is 176 g/mol. The normalized spacial score (nSPS) is 23.8. The Morgan fingerprint density at radius 3 is 2.64 bits per heavy atom. The molecule has 1 aliphatic rings. The lowest BCUT2D eigenvalue weighted by molar-refractivity contribution is 0.124. The molecule has 0 spiro atoms. The SMILES string of the molecule is CC(O)COP1(=O)CC=CC1. The average Bonchev–Trinajstić information content (AvgIpc) is 2.33. The van der Waals surface area contributed by atoms with Crippen LogP contribution in [-0.4, -0.2) is 30.1 Å². The van der Waals surface area contributed by atoms with E-state index in [2.05, 4.69) is 0 Å². The molecule has 0 saturated carbocycles. The summed E-state index contributed by atoms with van der Waals surface area (Å²) < 4.78 is 16.6. The zero-order valence-corrected chi connectivity index (χ0v) is 7.46. The van der Waals surface area contributed by atoms with Crippen LogP contribution >= 0.6 is 7.37 Å². The number of aliphatic hydroxyl groups is 1. The van der Waals surface area contributed by atoms with Crippen LogP contribution in [0.5, 0.6) is 0 Å². The molecule has 11 heavy (non-hydrogen) atoms. The predicted octanol–water partition coefficient (Wildman–Crippen LogP) is 1.23. The minimum absolute atomic E-state index is 0.180. The molecule has 0 aliphatic carbocycles. The zero-order valence-electron chi connectivity index (χ0n) is 6.56. The van der Waals surface area contributed by atoms with Gasteiger partial charge in [-0.1, -0.05) is 12.2 Å². The second kappa shape index (κ2) is 3.53. The minimum atomic E-state index is -2.40. The molecule has 64 valence electrons. The van der Waals surface area contributed by atoms with Gasteiger partial charge in [0.2, 0.25) is 7.37 Å². The van der Waals surface area contributed by atoms with E-state index in [9.17, 15) is 4.57 Å². The van der Waals surface area contributed by atoms with Gasteiger partial charge in [0, 0.05) is 12.3 Å². The first-order valence-corrected chi connectivity index (χ1v) is 5.68. The van der Waals surface area contributed by atoms with E-state index in [1.54, 1.807) is 6.92 Å². The molecule has 0 aromatic carbocycles. The van der Waals surface area contributed by atoms with Gasteiger partial charge in [-0.15, -0.1) is 0 Å². The molecule has 1 N–H and O–H groups in total. The van der Waals surface area contributed by atoms with Crippen molar-refractivity contribution in [2.45, 2.75) is 13.0 Å². The summed E-state index contributed by atoms with van der Waals surface area (Å²) in [4.78, 5) is 0. The van der Waals surface area contributed by atoms with E-state index in [1.165, 1.54) is 0 Å². The van der Waals surface area contributed by atoms with Crippen molar-refractivity contribution in [1.29, 1.82) is 0 Å². The molecule has 0 amide bonds. The summed E-state index contributed by atoms with van der Waals surface area (Å²) in [6, 6.07) is 0. The second-order valence-corrected chi connectivity index (χ2v) is 5.41. The molecule has 0 saturated heterocycles. The van der Waals surface area contributed by atoms with Gasteiger partial charge in [0.25, 0.3) is 0 Å². The summed E-state index contributed by atoms with van der Waals surface area (Å²) >= 11 is 0. The molecule has 0 radical (unpaired) electrons. The maximum atomic E-state index is 11.5. The zero-order chi connectivity index (χ0) is 8.32. The molecule has 0 aromatic rings. The van der Waals surface area contributed by atoms with E-state index in [0.29, 0.717) is 12.3 Å². The maximum absolute atomic E-state index is 11.5. The minimum Gasteiger partial charge on any atom is -0.391 e. The van der Waals surface area contributed by atoms with Gasteiger partial charge >= 0.3 is 0 Å². The number of hydrogen-bond acceptors (Lipinski definition) is 3. The molecule has 0 aromatic heterocycles. The molecule has 0 fully saturated rings. The van der Waals surface area contributed by atoms with Crippen LogP contribution < -0.4 is 0 Å². The highest BCUT2D eigenvalue weighted by Gasteiger charge is 2.24. The second-order valence-electron chi connectivity index (χ2n) is 2.80. The third-order valence-corrected chi connectivity index (χ3v) is 3.64. The largest absolute Gasteiger partial charge is 0.391 e. The molecule has 1 unspecified atom stereocenters. The first-order chi connectivity index (χ1) is 5.12. The van der Waals surface area contributed by atoms with Crippen molar-refractivity contribution in [3.63, 3.8) is 0 Å². The van der Waals surface area contributed by atoms with Crippen LogP contribution in [0.1, 0.15) is 6.92 Å². The maximum Gasteiger partial charge on any atom is 0.210 e. The van der Waals surface area contributed by atoms with Gasteiger partial charge in [0.05, 0.1) is 12.7 Å². The van der Waals surface area contributed by atoms with Crippen molar-refractivity contribution in [1.82, 2.24) is 0 Å². The highest BCUT2D eigenvalue weighted by atomic mass is 31.2. The quantitative estimate of drug-likeness (QED) is 0.519. The van der Waals surface area contributed by atoms with Gasteiger partial charge in [-0.25, -0.2) is 0 Å². The van der Waals surface area contributed by atoms with Crippen molar-refractivity contribution in [2.75, 3.05) is 18.9 Å². The fraction of sp³-hybridized carbons (Fsp3) is 0.714. The molecule has 1 rings (SSSR count). The lowest BCUT2D eigenvalue weighted by Gasteiger charge is -2.12. The molecular formula is C7H13O3P. The summed E-state index contributed by atoms with van der Waals surface area (Å²) in [7, 11) is -2.40. The van der Waals surface area contributed by atoms with Crippen molar-refractivity contribution in [3.8, 4) is 0 Å². The van der Waals surface area contributed by atoms with Crippen LogP contribution in [0, 0.1) is 0 Å². The summed E-state index contributed by atoms with van der Waals surface area (Å²) in [6.07, 6.45) is 4.26. The third kappa shape index (κ3) is 2.78. The van der Waals surface area contributed by atoms with Gasteiger partial charge < -0.3 is 9.63 Å². The van der Waals surface area contributed by atoms with Crippen LogP contribution in [0.25, 0.3) is 0 Å². The van der Waals surface area contributed by atoms with Crippen LogP contribution in [0.3, 0.4) is 0 Å². The third-order valence-electron chi connectivity index (χ3n) is 1.48. The van der Waals surface area contributed by atoms with Crippen LogP contribution in [-0.2, 0) is 9.09 Å². The Labute approximate surface area is 66.5 Å². The predicted molar refractivity (Wildman–Crippen MR) is 44.1 cm³/mol. The molecule has 1 heterocycles. The van der Waals surface area contributed by atoms with Crippen molar-refractivity contribution < 1.29 is 14.2 Å². The highest BCUT2D eigenvalue weighted by Crippen LogP contribution is 2.49. The van der Waals surface area contributed by atoms with Gasteiger partial charge in [-0.05, 0) is 6.92 Å². The van der Waals surface area contributed by atoms with E-state index in [0.717, 1.165) is 0 Å². The topological polar surface area (TPSA) is 46.5 Å². The summed E-state index contributed by atoms with van der Waals surface area (Å²) in [5, 5.41) is 8.86. The molecular weight excluding hydrogens is 163 g/mol. The highest BCUT2D eigenvalue weighted by molar-refractivity contribution is 7.59. The summed E-state index contributed by atoms with van der Waals surface area (Å²) in [6.45, 7) is 1.80. The fourth-order valence-electron chi connectivity index (χ4n) is 0.894. The van der Waals surface area contributed by atoms with Crippen LogP contribution in [0.15, 0.2) is 12.2 Å². The lowest BCUT2D eigenvalue weighted by atomic mass is 10.5. The van der Waals surface area contributed by atoms with E-state index < -0.39 is 13.5 Å². The monoisotopic (exact) mass is 176 g/mol. The van der Waals surface area contributed by atoms with Gasteiger partial charge in [-0.2, -0.15) is 0 Å². The first kappa shape index (κ1) is 8.98. The molecule has 1 aliphatic heterocycles. The number of allylic oxidation sites excluding steroid dienone is 2. The number of rotatable bonds is 3. The van der Waals surface area contributed by atoms with Crippen molar-refractivity contribution in [2.24, 2.45) is 0 Å². The number of hydrogen-bond donors (Lipinski definition) is 1. The molecule has 4 heteroatoms. The Morgan fingerprint density at radius 2 is 2.18 bits per heavy atom. The Hall–Kier alpha value is -0.110. The fourth-order valence-corrected chi connectivity index (χ4v) is 2.68. The summed E-state index contributed by atoms with van der Waals surface area (Å²) in [5.41, 5.74) is 0. The van der Waals surface area contributed by atoms with Crippen LogP contribution in [0.2, 0.25) is 0 Å². The standard InChI is InChI=1S/C7H13O3P/c1-7(8)6-10-11(9)4-2-3-5-11/h2-3,7-8H,4-6H2,1H3. The van der Waals surface area contributed by atoms with E-state index in [1.807, 2.05) is 12.2 Å². The lowest BCUT2D eigenvalue weighted by Crippen LogP contribution is -2.09. The van der Waals surface area contributed by atoms with Crippen molar-refractivity contribution in [3.05, 3.63) is 12.2 Å².